The fraction of sp³-hybridized carbons (Fsp3) is 0.800. The summed E-state index contributed by atoms with van der Waals surface area (Å²) in [4.78, 5) is 0. The summed E-state index contributed by atoms with van der Waals surface area (Å²) in [5.74, 6) is 0. The van der Waals surface area contributed by atoms with E-state index in [0.29, 0.717) is 5.71 Å². The molecule has 0 aliphatic heterocycles. The Labute approximate surface area is 106 Å². The Morgan fingerprint density at radius 1 is 0.929 bits per heavy atom. The average Bonchev–Trinajstić information content (AvgIpc) is 1.84. The zero-order valence-corrected chi connectivity index (χ0v) is 13.3. The van der Waals surface area contributed by atoms with Gasteiger partial charge in [-0.3, -0.25) is 0 Å². The molecule has 0 amide bonds. The summed E-state index contributed by atoms with van der Waals surface area (Å²) in [6, 6.07) is 0. The van der Waals surface area contributed by atoms with Crippen molar-refractivity contribution in [1.29, 1.82) is 0 Å². The molecule has 4 heteroatoms. The zero-order valence-electron chi connectivity index (χ0n) is 10.2. The zero-order chi connectivity index (χ0) is 11.3. The first kappa shape index (κ1) is 20.4. The number of hydrogen-bond acceptors (Lipinski definition) is 0. The van der Waals surface area contributed by atoms with E-state index in [-0.39, 0.29) is 18.3 Å². The van der Waals surface area contributed by atoms with Crippen LogP contribution in [0.25, 0.3) is 5.41 Å². The molecular formula is C10H21Cl2NTi-2. The van der Waals surface area contributed by atoms with Crippen molar-refractivity contribution in [2.45, 2.75) is 41.5 Å². The van der Waals surface area contributed by atoms with Crippen LogP contribution in [0.1, 0.15) is 41.5 Å². The van der Waals surface area contributed by atoms with Gasteiger partial charge in [-0.05, 0) is 10.8 Å². The van der Waals surface area contributed by atoms with Gasteiger partial charge in [0.1, 0.15) is 0 Å². The van der Waals surface area contributed by atoms with Gasteiger partial charge in [0.05, 0.1) is 0 Å². The van der Waals surface area contributed by atoms with Gasteiger partial charge >= 0.3 is 35.6 Å². The van der Waals surface area contributed by atoms with E-state index >= 15 is 0 Å². The Balaban J connectivity index is -0.000000267. The molecule has 0 saturated heterocycles. The van der Waals surface area contributed by atoms with Crippen molar-refractivity contribution in [3.63, 3.8) is 0 Å². The molecule has 86 valence electrons. The molecule has 0 fully saturated rings. The quantitative estimate of drug-likeness (QED) is 0.340. The van der Waals surface area contributed by atoms with Crippen molar-refractivity contribution in [3.05, 3.63) is 12.8 Å². The van der Waals surface area contributed by atoms with Crippen molar-refractivity contribution in [2.24, 2.45) is 10.8 Å². The number of rotatable bonds is 0. The summed E-state index contributed by atoms with van der Waals surface area (Å²) < 4.78 is 0. The number of nitrogens with zero attached hydrogens (tertiary/aromatic N) is 1. The molecule has 0 aromatic rings. The van der Waals surface area contributed by atoms with Crippen molar-refractivity contribution in [1.82, 2.24) is 0 Å². The predicted molar refractivity (Wildman–Crippen MR) is 65.4 cm³/mol. The van der Waals surface area contributed by atoms with Crippen LogP contribution >= 0.6 is 18.6 Å². The van der Waals surface area contributed by atoms with Gasteiger partial charge < -0.3 is 12.8 Å². The van der Waals surface area contributed by atoms with Gasteiger partial charge in [0.15, 0.2) is 0 Å². The van der Waals surface area contributed by atoms with E-state index in [1.54, 1.807) is 0 Å². The molecule has 0 unspecified atom stereocenters. The van der Waals surface area contributed by atoms with Crippen LogP contribution < -0.4 is 0 Å². The molecule has 0 spiro atoms. The van der Waals surface area contributed by atoms with Gasteiger partial charge in [0.2, 0.25) is 0 Å². The first-order chi connectivity index (χ1) is 5.57. The van der Waals surface area contributed by atoms with Crippen molar-refractivity contribution in [3.8, 4) is 0 Å². The fourth-order valence-corrected chi connectivity index (χ4v) is 1.12. The molecule has 0 radical (unpaired) electrons. The van der Waals surface area contributed by atoms with E-state index in [9.17, 15) is 5.41 Å². The van der Waals surface area contributed by atoms with E-state index in [0.717, 1.165) is 0 Å². The number of halogens is 2. The monoisotopic (exact) mass is 273 g/mol. The summed E-state index contributed by atoms with van der Waals surface area (Å²) in [5.41, 5.74) is 0.399. The molecule has 0 heterocycles. The van der Waals surface area contributed by atoms with E-state index in [1.165, 1.54) is 0 Å². The third-order valence-electron chi connectivity index (χ3n) is 1.42. The normalized spacial score (nSPS) is 10.6. The second-order valence-electron chi connectivity index (χ2n) is 4.92. The molecule has 0 aromatic carbocycles. The van der Waals surface area contributed by atoms with Gasteiger partial charge in [-0.1, -0.05) is 41.5 Å². The molecule has 1 nitrogen and oxygen atoms in total. The Kier molecular flexibility index (Phi) is 11.9. The van der Waals surface area contributed by atoms with Crippen LogP contribution in [-0.4, -0.2) is 5.71 Å². The molecule has 0 rings (SSSR count). The van der Waals surface area contributed by atoms with Gasteiger partial charge in [-0.25, -0.2) is 0 Å². The molecule has 0 N–H and O–H groups in total. The summed E-state index contributed by atoms with van der Waals surface area (Å²) in [7, 11) is 9.78. The summed E-state index contributed by atoms with van der Waals surface area (Å²) in [6.45, 7) is 12.1. The average molecular weight is 274 g/mol. The van der Waals surface area contributed by atoms with Crippen LogP contribution in [0.5, 0.6) is 0 Å². The third-order valence-corrected chi connectivity index (χ3v) is 1.42. The molecule has 0 bridgehead atoms. The van der Waals surface area contributed by atoms with E-state index in [4.69, 9.17) is 18.6 Å². The van der Waals surface area contributed by atoms with Crippen molar-refractivity contribution >= 4 is 24.3 Å². The van der Waals surface area contributed by atoms with Gasteiger partial charge in [-0.15, -0.1) is 0 Å². The van der Waals surface area contributed by atoms with Crippen molar-refractivity contribution in [2.75, 3.05) is 0 Å². The van der Waals surface area contributed by atoms with Crippen LogP contribution in [0.15, 0.2) is 0 Å². The van der Waals surface area contributed by atoms with Gasteiger partial charge in [0.25, 0.3) is 0 Å². The van der Waals surface area contributed by atoms with Gasteiger partial charge in [-0.2, -0.15) is 5.71 Å². The van der Waals surface area contributed by atoms with Crippen LogP contribution in [0.4, 0.5) is 0 Å². The van der Waals surface area contributed by atoms with Crippen LogP contribution in [-0.2, 0) is 17.0 Å². The third kappa shape index (κ3) is 11.0. The van der Waals surface area contributed by atoms with Crippen LogP contribution in [0.3, 0.4) is 0 Å². The predicted octanol–water partition coefficient (Wildman–Crippen LogP) is 4.92. The Bertz CT molecular complexity index is 140. The maximum atomic E-state index is 9.64. The Morgan fingerprint density at radius 2 is 1.07 bits per heavy atom. The summed E-state index contributed by atoms with van der Waals surface area (Å²) >= 11 is -0.556. The van der Waals surface area contributed by atoms with E-state index in [1.807, 2.05) is 41.5 Å². The SMILES string of the molecule is CC(C)(C)C(=[N-])C(C)(C)C.[CH3-].[Cl][Ti][Cl]. The Hall–Kier alpha value is 0.964. The summed E-state index contributed by atoms with van der Waals surface area (Å²) in [6.07, 6.45) is 0. The van der Waals surface area contributed by atoms with E-state index < -0.39 is 17.0 Å². The molecule has 0 atom stereocenters. The minimum atomic E-state index is -0.556. The topological polar surface area (TPSA) is 22.3 Å². The molecule has 14 heavy (non-hydrogen) atoms. The molecular weight excluding hydrogens is 253 g/mol. The second-order valence-corrected chi connectivity index (χ2v) is 7.50. The second kappa shape index (κ2) is 8.16. The first-order valence-electron chi connectivity index (χ1n) is 4.10. The standard InChI is InChI=1S/C9H18N.CH3.2ClH.Ti/c1-8(2,3)7(10)9(4,5)6;;;;/h1-6H3;1H3;2*1H;/q2*-1;;;+2/p-2. The van der Waals surface area contributed by atoms with E-state index in [2.05, 4.69) is 0 Å². The first-order valence-corrected chi connectivity index (χ1v) is 8.40. The van der Waals surface area contributed by atoms with Crippen LogP contribution in [0, 0.1) is 18.3 Å². The molecule has 0 aliphatic carbocycles. The van der Waals surface area contributed by atoms with Gasteiger partial charge in [0, 0.05) is 0 Å². The Morgan fingerprint density at radius 3 is 1.07 bits per heavy atom. The minimum absolute atomic E-state index is 0. The maximum absolute atomic E-state index is 9.64. The molecule has 0 saturated carbocycles. The molecule has 0 aromatic heterocycles. The fourth-order valence-electron chi connectivity index (χ4n) is 1.12. The van der Waals surface area contributed by atoms with Crippen molar-refractivity contribution < 1.29 is 17.0 Å². The molecule has 0 aliphatic rings. The number of hydrogen-bond donors (Lipinski definition) is 0. The summed E-state index contributed by atoms with van der Waals surface area (Å²) in [5, 5.41) is 9.64. The van der Waals surface area contributed by atoms with Crippen LogP contribution in [0.2, 0.25) is 0 Å².